The number of hydrogen-bond donors (Lipinski definition) is 2. The minimum Gasteiger partial charge on any atom is -0.326 e. The third kappa shape index (κ3) is 3.76. The Morgan fingerprint density at radius 2 is 2.11 bits per heavy atom. The van der Waals surface area contributed by atoms with Crippen molar-refractivity contribution in [3.8, 4) is 0 Å². The molecule has 0 fully saturated rings. The molecule has 5 nitrogen and oxygen atoms in total. The van der Waals surface area contributed by atoms with E-state index in [4.69, 9.17) is 5.73 Å². The first kappa shape index (κ1) is 15.6. The quantitative estimate of drug-likeness (QED) is 0.811. The Labute approximate surface area is 113 Å². The summed E-state index contributed by atoms with van der Waals surface area (Å²) >= 11 is 1.43. The van der Waals surface area contributed by atoms with Gasteiger partial charge in [0, 0.05) is 28.9 Å². The average Bonchev–Trinajstić information content (AvgIpc) is 2.68. The molecule has 0 aliphatic heterocycles. The molecule has 3 N–H and O–H groups in total. The van der Waals surface area contributed by atoms with Crippen molar-refractivity contribution in [2.24, 2.45) is 5.73 Å². The van der Waals surface area contributed by atoms with E-state index in [0.29, 0.717) is 18.0 Å². The lowest BCUT2D eigenvalue weighted by Gasteiger charge is -2.19. The van der Waals surface area contributed by atoms with Crippen LogP contribution in [0.1, 0.15) is 16.7 Å². The molecular formula is C11H21N3O2S2. The van der Waals surface area contributed by atoms with Gasteiger partial charge in [-0.15, -0.1) is 11.3 Å². The molecule has 0 saturated carbocycles. The van der Waals surface area contributed by atoms with Crippen LogP contribution >= 0.6 is 11.3 Å². The van der Waals surface area contributed by atoms with Crippen LogP contribution in [0.15, 0.2) is 11.0 Å². The Bertz CT molecular complexity index is 494. The number of hydrogen-bond acceptors (Lipinski definition) is 5. The van der Waals surface area contributed by atoms with Crippen molar-refractivity contribution in [2.75, 3.05) is 20.6 Å². The van der Waals surface area contributed by atoms with Crippen LogP contribution in [0.25, 0.3) is 0 Å². The van der Waals surface area contributed by atoms with Crippen LogP contribution in [0.5, 0.6) is 0 Å². The lowest BCUT2D eigenvalue weighted by Crippen LogP contribution is -2.38. The second-order valence-electron chi connectivity index (χ2n) is 4.50. The maximum atomic E-state index is 12.1. The van der Waals surface area contributed by atoms with Gasteiger partial charge in [-0.2, -0.15) is 0 Å². The van der Waals surface area contributed by atoms with Crippen molar-refractivity contribution in [1.29, 1.82) is 0 Å². The molecule has 0 amide bonds. The van der Waals surface area contributed by atoms with Gasteiger partial charge < -0.3 is 10.6 Å². The Kier molecular flexibility index (Phi) is 5.30. The maximum Gasteiger partial charge on any atom is 0.241 e. The molecule has 0 aliphatic carbocycles. The van der Waals surface area contributed by atoms with Gasteiger partial charge in [0.1, 0.15) is 0 Å². The standard InChI is InChI=1S/C11H21N3O2S2/c1-8(14(3)4)7-13-18(15,16)11-5-10(6-12)17-9(11)2/h5,8,13H,6-7,12H2,1-4H3. The van der Waals surface area contributed by atoms with E-state index in [0.717, 1.165) is 9.75 Å². The third-order valence-corrected chi connectivity index (χ3v) is 5.62. The third-order valence-electron chi connectivity index (χ3n) is 2.86. The molecule has 1 heterocycles. The summed E-state index contributed by atoms with van der Waals surface area (Å²) in [5.74, 6) is 0. The van der Waals surface area contributed by atoms with Gasteiger partial charge in [-0.05, 0) is 34.0 Å². The van der Waals surface area contributed by atoms with E-state index in [1.165, 1.54) is 11.3 Å². The highest BCUT2D eigenvalue weighted by atomic mass is 32.2. The van der Waals surface area contributed by atoms with Crippen LogP contribution in [0.2, 0.25) is 0 Å². The molecule has 1 atom stereocenters. The first-order chi connectivity index (χ1) is 8.27. The second kappa shape index (κ2) is 6.12. The van der Waals surface area contributed by atoms with Gasteiger partial charge in [0.15, 0.2) is 0 Å². The number of nitrogens with one attached hydrogen (secondary N) is 1. The van der Waals surface area contributed by atoms with Gasteiger partial charge in [0.2, 0.25) is 10.0 Å². The van der Waals surface area contributed by atoms with Gasteiger partial charge >= 0.3 is 0 Å². The predicted molar refractivity (Wildman–Crippen MR) is 75.3 cm³/mol. The zero-order valence-corrected chi connectivity index (χ0v) is 12.9. The van der Waals surface area contributed by atoms with E-state index in [-0.39, 0.29) is 6.04 Å². The molecule has 7 heteroatoms. The van der Waals surface area contributed by atoms with E-state index in [1.807, 2.05) is 25.9 Å². The first-order valence-corrected chi connectivity index (χ1v) is 8.03. The number of rotatable bonds is 6. The molecule has 18 heavy (non-hydrogen) atoms. The van der Waals surface area contributed by atoms with Crippen LogP contribution in [-0.4, -0.2) is 40.0 Å². The van der Waals surface area contributed by atoms with Gasteiger partial charge in [0.05, 0.1) is 4.90 Å². The molecule has 104 valence electrons. The number of thiophene rings is 1. The van der Waals surface area contributed by atoms with Gasteiger partial charge in [-0.1, -0.05) is 0 Å². The number of sulfonamides is 1. The Morgan fingerprint density at radius 1 is 1.50 bits per heavy atom. The monoisotopic (exact) mass is 291 g/mol. The lowest BCUT2D eigenvalue weighted by atomic mass is 10.3. The largest absolute Gasteiger partial charge is 0.326 e. The summed E-state index contributed by atoms with van der Waals surface area (Å²) in [4.78, 5) is 3.97. The summed E-state index contributed by atoms with van der Waals surface area (Å²) in [5, 5.41) is 0. The topological polar surface area (TPSA) is 75.4 Å². The summed E-state index contributed by atoms with van der Waals surface area (Å²) in [7, 11) is 0.405. The zero-order valence-electron chi connectivity index (χ0n) is 11.2. The molecule has 0 saturated heterocycles. The second-order valence-corrected chi connectivity index (χ2v) is 7.58. The van der Waals surface area contributed by atoms with Crippen molar-refractivity contribution in [1.82, 2.24) is 9.62 Å². The van der Waals surface area contributed by atoms with E-state index in [1.54, 1.807) is 13.0 Å². The molecule has 0 aliphatic rings. The van der Waals surface area contributed by atoms with E-state index < -0.39 is 10.0 Å². The first-order valence-electron chi connectivity index (χ1n) is 5.73. The van der Waals surface area contributed by atoms with Crippen LogP contribution in [-0.2, 0) is 16.6 Å². The summed E-state index contributed by atoms with van der Waals surface area (Å²) in [6, 6.07) is 1.80. The maximum absolute atomic E-state index is 12.1. The molecular weight excluding hydrogens is 270 g/mol. The van der Waals surface area contributed by atoms with Crippen molar-refractivity contribution < 1.29 is 8.42 Å². The molecule has 0 radical (unpaired) electrons. The Hall–Kier alpha value is -0.470. The molecule has 0 aromatic carbocycles. The number of aryl methyl sites for hydroxylation is 1. The molecule has 1 aromatic rings. The van der Waals surface area contributed by atoms with Gasteiger partial charge in [0.25, 0.3) is 0 Å². The van der Waals surface area contributed by atoms with E-state index >= 15 is 0 Å². The molecule has 1 unspecified atom stereocenters. The van der Waals surface area contributed by atoms with Gasteiger partial charge in [-0.25, -0.2) is 13.1 Å². The average molecular weight is 291 g/mol. The fraction of sp³-hybridized carbons (Fsp3) is 0.636. The minimum atomic E-state index is -3.43. The number of nitrogens with zero attached hydrogens (tertiary/aromatic N) is 1. The fourth-order valence-corrected chi connectivity index (χ4v) is 4.02. The molecule has 0 spiro atoms. The van der Waals surface area contributed by atoms with Crippen molar-refractivity contribution in [3.05, 3.63) is 15.8 Å². The van der Waals surface area contributed by atoms with E-state index in [2.05, 4.69) is 4.72 Å². The van der Waals surface area contributed by atoms with Crippen LogP contribution < -0.4 is 10.5 Å². The highest BCUT2D eigenvalue weighted by Crippen LogP contribution is 2.25. The smallest absolute Gasteiger partial charge is 0.241 e. The molecule has 0 bridgehead atoms. The Morgan fingerprint density at radius 3 is 2.56 bits per heavy atom. The number of nitrogens with two attached hydrogens (primary N) is 1. The summed E-state index contributed by atoms with van der Waals surface area (Å²) < 4.78 is 26.9. The van der Waals surface area contributed by atoms with Crippen LogP contribution in [0.4, 0.5) is 0 Å². The molecule has 1 aromatic heterocycles. The van der Waals surface area contributed by atoms with Crippen molar-refractivity contribution in [2.45, 2.75) is 31.3 Å². The summed E-state index contributed by atoms with van der Waals surface area (Å²) in [6.45, 7) is 4.53. The van der Waals surface area contributed by atoms with Gasteiger partial charge in [-0.3, -0.25) is 0 Å². The predicted octanol–water partition coefficient (Wildman–Crippen LogP) is 0.744. The van der Waals surface area contributed by atoms with E-state index in [9.17, 15) is 8.42 Å². The highest BCUT2D eigenvalue weighted by Gasteiger charge is 2.20. The highest BCUT2D eigenvalue weighted by molar-refractivity contribution is 7.89. The fourth-order valence-electron chi connectivity index (χ4n) is 1.38. The number of likely N-dealkylation sites (N-methyl/N-ethyl adjacent to an activating group) is 1. The van der Waals surface area contributed by atoms with Crippen molar-refractivity contribution in [3.63, 3.8) is 0 Å². The lowest BCUT2D eigenvalue weighted by molar-refractivity contribution is 0.314. The SMILES string of the molecule is Cc1sc(CN)cc1S(=O)(=O)NCC(C)N(C)C. The van der Waals surface area contributed by atoms with Crippen LogP contribution in [0.3, 0.4) is 0 Å². The zero-order chi connectivity index (χ0) is 13.9. The summed E-state index contributed by atoms with van der Waals surface area (Å²) in [6.07, 6.45) is 0. The minimum absolute atomic E-state index is 0.146. The Balaban J connectivity index is 2.83. The molecule has 1 rings (SSSR count). The van der Waals surface area contributed by atoms with Crippen LogP contribution in [0, 0.1) is 6.92 Å². The summed E-state index contributed by atoms with van der Waals surface area (Å²) in [5.41, 5.74) is 5.53. The normalized spacial score (nSPS) is 14.1. The van der Waals surface area contributed by atoms with Crippen molar-refractivity contribution >= 4 is 21.4 Å².